The van der Waals surface area contributed by atoms with Crippen LogP contribution in [0.5, 0.6) is 6.01 Å². The van der Waals surface area contributed by atoms with Crippen LogP contribution in [0.1, 0.15) is 41.6 Å². The van der Waals surface area contributed by atoms with E-state index in [1.165, 1.54) is 0 Å². The normalized spacial score (nSPS) is 20.1. The Labute approximate surface area is 270 Å². The lowest BCUT2D eigenvalue weighted by Gasteiger charge is -2.42. The van der Waals surface area contributed by atoms with E-state index in [4.69, 9.17) is 19.4 Å². The number of nitriles is 2. The molecular formula is C35H40N8O3. The van der Waals surface area contributed by atoms with Crippen molar-refractivity contribution in [3.05, 3.63) is 77.0 Å². The average molecular weight is 621 g/mol. The minimum Gasteiger partial charge on any atom is -0.462 e. The highest BCUT2D eigenvalue weighted by molar-refractivity contribution is 5.72. The summed E-state index contributed by atoms with van der Waals surface area (Å²) in [6.07, 6.45) is 3.23. The Morgan fingerprint density at radius 3 is 2.59 bits per heavy atom. The molecule has 3 aliphatic rings. The Morgan fingerprint density at radius 2 is 1.80 bits per heavy atom. The zero-order chi connectivity index (χ0) is 31.9. The summed E-state index contributed by atoms with van der Waals surface area (Å²) < 4.78 is 11.8. The predicted molar refractivity (Wildman–Crippen MR) is 173 cm³/mol. The van der Waals surface area contributed by atoms with Crippen LogP contribution >= 0.6 is 0 Å². The molecule has 0 aliphatic carbocycles. The Hall–Kier alpha value is -4.71. The maximum Gasteiger partial charge on any atom is 0.320 e. The molecule has 3 aromatic rings. The van der Waals surface area contributed by atoms with Crippen molar-refractivity contribution >= 4 is 17.5 Å². The van der Waals surface area contributed by atoms with Gasteiger partial charge in [-0.05, 0) is 50.6 Å². The van der Waals surface area contributed by atoms with Crippen molar-refractivity contribution in [1.29, 1.82) is 10.5 Å². The fourth-order valence-electron chi connectivity index (χ4n) is 6.67. The number of carbonyl (C=O) groups excluding carboxylic acids is 1. The molecule has 2 saturated heterocycles. The van der Waals surface area contributed by atoms with Gasteiger partial charge < -0.3 is 24.2 Å². The molecule has 0 amide bonds. The van der Waals surface area contributed by atoms with Crippen LogP contribution in [0.25, 0.3) is 0 Å². The number of nitrogens with zero attached hydrogens (tertiary/aromatic N) is 8. The number of esters is 1. The summed E-state index contributed by atoms with van der Waals surface area (Å²) in [6.45, 7) is 4.99. The van der Waals surface area contributed by atoms with Crippen LogP contribution in [0.3, 0.4) is 0 Å². The lowest BCUT2D eigenvalue weighted by Crippen LogP contribution is -2.55. The van der Waals surface area contributed by atoms with E-state index < -0.39 is 0 Å². The number of carbonyl (C=O) groups is 1. The first-order valence-corrected chi connectivity index (χ1v) is 16.0. The van der Waals surface area contributed by atoms with Gasteiger partial charge in [0.1, 0.15) is 25.1 Å². The summed E-state index contributed by atoms with van der Waals surface area (Å²) in [5.74, 6) is 0.534. The fourth-order valence-corrected chi connectivity index (χ4v) is 6.67. The van der Waals surface area contributed by atoms with Crippen molar-refractivity contribution in [2.24, 2.45) is 0 Å². The number of anilines is 2. The molecule has 0 unspecified atom stereocenters. The van der Waals surface area contributed by atoms with E-state index in [-0.39, 0.29) is 31.6 Å². The van der Waals surface area contributed by atoms with Crippen LogP contribution in [0.2, 0.25) is 0 Å². The van der Waals surface area contributed by atoms with Crippen LogP contribution in [0.4, 0.5) is 11.5 Å². The maximum absolute atomic E-state index is 12.8. The van der Waals surface area contributed by atoms with Crippen LogP contribution in [0.15, 0.2) is 54.6 Å². The van der Waals surface area contributed by atoms with Gasteiger partial charge in [0, 0.05) is 43.8 Å². The first-order chi connectivity index (χ1) is 22.5. The lowest BCUT2D eigenvalue weighted by molar-refractivity contribution is -0.147. The molecule has 0 saturated carbocycles. The highest BCUT2D eigenvalue weighted by Gasteiger charge is 2.33. The van der Waals surface area contributed by atoms with Gasteiger partial charge in [0.05, 0.1) is 42.5 Å². The molecule has 11 heteroatoms. The number of rotatable bonds is 10. The monoisotopic (exact) mass is 620 g/mol. The van der Waals surface area contributed by atoms with Crippen LogP contribution in [0, 0.1) is 22.7 Å². The van der Waals surface area contributed by atoms with E-state index in [1.54, 1.807) is 0 Å². The standard InChI is InChI=1S/C35H40N8O3/c1-40-16-7-11-29(40)25-46-35-38-31-22-42(32-12-6-5-10-27(32)20-37)17-14-30(31)34(39-35)43-19-18-41(28(21-43)13-15-36)23-33(44)45-24-26-8-3-2-4-9-26/h2-6,8-10,12,28-29H,7,11,13-14,16-19,21-25H2,1H3/t28-,29-/m0/s1. The van der Waals surface area contributed by atoms with E-state index in [1.807, 2.05) is 54.6 Å². The highest BCUT2D eigenvalue weighted by Crippen LogP contribution is 2.33. The number of ether oxygens (including phenoxy) is 2. The summed E-state index contributed by atoms with van der Waals surface area (Å²) in [7, 11) is 2.12. The second kappa shape index (κ2) is 14.6. The Kier molecular flexibility index (Phi) is 9.92. The van der Waals surface area contributed by atoms with Crippen molar-refractivity contribution in [3.8, 4) is 18.1 Å². The molecular weight excluding hydrogens is 580 g/mol. The van der Waals surface area contributed by atoms with Gasteiger partial charge in [-0.3, -0.25) is 9.69 Å². The van der Waals surface area contributed by atoms with Crippen molar-refractivity contribution in [2.45, 2.75) is 50.9 Å². The van der Waals surface area contributed by atoms with Crippen molar-refractivity contribution < 1.29 is 14.3 Å². The molecule has 3 aliphatic heterocycles. The van der Waals surface area contributed by atoms with Gasteiger partial charge in [-0.25, -0.2) is 0 Å². The zero-order valence-corrected chi connectivity index (χ0v) is 26.3. The molecule has 0 N–H and O–H groups in total. The van der Waals surface area contributed by atoms with Gasteiger partial charge in [-0.15, -0.1) is 0 Å². The Balaban J connectivity index is 1.21. The minimum atomic E-state index is -0.301. The number of benzene rings is 2. The van der Waals surface area contributed by atoms with E-state index in [2.05, 4.69) is 38.8 Å². The van der Waals surface area contributed by atoms with Crippen molar-refractivity contribution in [2.75, 3.05) is 62.7 Å². The van der Waals surface area contributed by atoms with Gasteiger partial charge >= 0.3 is 12.0 Å². The van der Waals surface area contributed by atoms with Gasteiger partial charge in [0.15, 0.2) is 0 Å². The average Bonchev–Trinajstić information content (AvgIpc) is 3.51. The van der Waals surface area contributed by atoms with Crippen LogP contribution < -0.4 is 14.5 Å². The Morgan fingerprint density at radius 1 is 0.978 bits per heavy atom. The van der Waals surface area contributed by atoms with Gasteiger partial charge in [0.25, 0.3) is 0 Å². The summed E-state index contributed by atoms with van der Waals surface area (Å²) in [5.41, 5.74) is 4.44. The number of aromatic nitrogens is 2. The van der Waals surface area contributed by atoms with E-state index in [0.29, 0.717) is 56.8 Å². The van der Waals surface area contributed by atoms with Crippen LogP contribution in [-0.4, -0.2) is 90.7 Å². The zero-order valence-electron chi connectivity index (χ0n) is 26.3. The topological polar surface area (TPSA) is 122 Å². The quantitative estimate of drug-likeness (QED) is 0.310. The number of likely N-dealkylation sites (N-methyl/N-ethyl adjacent to an activating group) is 1. The number of piperazine rings is 1. The summed E-state index contributed by atoms with van der Waals surface area (Å²) in [4.78, 5) is 31.5. The van der Waals surface area contributed by atoms with Crippen LogP contribution in [-0.2, 0) is 29.1 Å². The number of fused-ring (bicyclic) bond motifs is 1. The first-order valence-electron chi connectivity index (χ1n) is 16.0. The molecule has 0 bridgehead atoms. The molecule has 11 nitrogen and oxygen atoms in total. The number of hydrogen-bond acceptors (Lipinski definition) is 11. The summed E-state index contributed by atoms with van der Waals surface area (Å²) in [5, 5.41) is 19.4. The fraction of sp³-hybridized carbons (Fsp3) is 0.457. The number of hydrogen-bond donors (Lipinski definition) is 0. The second-order valence-corrected chi connectivity index (χ2v) is 12.2. The molecule has 46 heavy (non-hydrogen) atoms. The third-order valence-electron chi connectivity index (χ3n) is 9.27. The SMILES string of the molecule is CN1CCC[C@H]1COc1nc2c(c(N3CCN(CC(=O)OCc4ccccc4)[C@@H](CC#N)C3)n1)CCN(c1ccccc1C#N)C2. The number of para-hydroxylation sites is 1. The maximum atomic E-state index is 12.8. The molecule has 1 aromatic heterocycles. The highest BCUT2D eigenvalue weighted by atomic mass is 16.5. The summed E-state index contributed by atoms with van der Waals surface area (Å²) >= 11 is 0. The van der Waals surface area contributed by atoms with Gasteiger partial charge in [-0.2, -0.15) is 20.5 Å². The molecule has 0 radical (unpaired) electrons. The molecule has 0 spiro atoms. The molecule has 2 aromatic carbocycles. The summed E-state index contributed by atoms with van der Waals surface area (Å²) in [6, 6.07) is 22.5. The predicted octanol–water partition coefficient (Wildman–Crippen LogP) is 3.53. The van der Waals surface area contributed by atoms with Gasteiger partial charge in [0.2, 0.25) is 0 Å². The smallest absolute Gasteiger partial charge is 0.320 e. The number of likely N-dealkylation sites (tertiary alicyclic amines) is 1. The molecule has 2 fully saturated rings. The van der Waals surface area contributed by atoms with Crippen molar-refractivity contribution in [1.82, 2.24) is 19.8 Å². The lowest BCUT2D eigenvalue weighted by atomic mass is 10.0. The molecule has 4 heterocycles. The molecule has 6 rings (SSSR count). The third kappa shape index (κ3) is 7.23. The third-order valence-corrected chi connectivity index (χ3v) is 9.27. The Bertz CT molecular complexity index is 1600. The molecule has 2 atom stereocenters. The largest absolute Gasteiger partial charge is 0.462 e. The van der Waals surface area contributed by atoms with E-state index in [0.717, 1.165) is 54.3 Å². The van der Waals surface area contributed by atoms with E-state index >= 15 is 0 Å². The second-order valence-electron chi connectivity index (χ2n) is 12.2. The van der Waals surface area contributed by atoms with E-state index in [9.17, 15) is 15.3 Å². The van der Waals surface area contributed by atoms with Crippen molar-refractivity contribution in [3.63, 3.8) is 0 Å². The van der Waals surface area contributed by atoms with Gasteiger partial charge in [-0.1, -0.05) is 42.5 Å². The molecule has 238 valence electrons. The first kappa shape index (κ1) is 31.3. The minimum absolute atomic E-state index is 0.130.